The quantitative estimate of drug-likeness (QED) is 0.153. The average Bonchev–Trinajstić information content (AvgIpc) is 4.08. The van der Waals surface area contributed by atoms with E-state index in [0.717, 1.165) is 66.8 Å². The lowest BCUT2D eigenvalue weighted by molar-refractivity contribution is 0.621. The van der Waals surface area contributed by atoms with Crippen molar-refractivity contribution in [2.45, 2.75) is 5.41 Å². The van der Waals surface area contributed by atoms with E-state index in [9.17, 15) is 0 Å². The maximum atomic E-state index is 6.78. The molecule has 0 saturated heterocycles. The number of oxazole rings is 1. The molecule has 0 N–H and O–H groups in total. The van der Waals surface area contributed by atoms with Crippen LogP contribution in [0.4, 0.5) is 17.1 Å². The highest BCUT2D eigenvalue weighted by molar-refractivity contribution is 6.08. The van der Waals surface area contributed by atoms with Gasteiger partial charge in [0.2, 0.25) is 5.89 Å². The number of benzene rings is 10. The van der Waals surface area contributed by atoms with Crippen molar-refractivity contribution in [3.05, 3.63) is 265 Å². The fraction of sp³-hybridized carbons (Fsp3) is 0.0161. The molecule has 1 aliphatic carbocycles. The summed E-state index contributed by atoms with van der Waals surface area (Å²) >= 11 is 0. The first-order valence-corrected chi connectivity index (χ1v) is 22.4. The molecule has 310 valence electrons. The molecule has 2 heterocycles. The van der Waals surface area contributed by atoms with E-state index >= 15 is 0 Å². The lowest BCUT2D eigenvalue weighted by Gasteiger charge is -2.34. The predicted molar refractivity (Wildman–Crippen MR) is 270 cm³/mol. The summed E-state index contributed by atoms with van der Waals surface area (Å²) in [6.07, 6.45) is 0. The van der Waals surface area contributed by atoms with Gasteiger partial charge in [-0.25, -0.2) is 4.98 Å². The van der Waals surface area contributed by atoms with Gasteiger partial charge in [-0.15, -0.1) is 0 Å². The maximum absolute atomic E-state index is 6.78. The Hall–Kier alpha value is -8.73. The summed E-state index contributed by atoms with van der Waals surface area (Å²) in [5, 5.41) is 2.11. The smallest absolute Gasteiger partial charge is 0.227 e. The van der Waals surface area contributed by atoms with E-state index in [-0.39, 0.29) is 0 Å². The van der Waals surface area contributed by atoms with E-state index in [1.165, 1.54) is 44.5 Å². The van der Waals surface area contributed by atoms with E-state index in [2.05, 4.69) is 205 Å². The molecule has 0 aliphatic heterocycles. The molecule has 2 aromatic heterocycles. The van der Waals surface area contributed by atoms with Gasteiger partial charge in [0.05, 0.1) is 5.41 Å². The highest BCUT2D eigenvalue weighted by atomic mass is 16.3. The molecule has 4 heteroatoms. The van der Waals surface area contributed by atoms with Crippen molar-refractivity contribution >= 4 is 50.1 Å². The van der Waals surface area contributed by atoms with Crippen LogP contribution in [0.15, 0.2) is 251 Å². The number of anilines is 3. The zero-order valence-electron chi connectivity index (χ0n) is 35.8. The second-order valence-electron chi connectivity index (χ2n) is 17.0. The molecule has 0 fully saturated rings. The molecule has 0 spiro atoms. The molecule has 4 nitrogen and oxygen atoms in total. The molecule has 0 radical (unpaired) electrons. The number of nitrogens with zero attached hydrogens (tertiary/aromatic N) is 2. The van der Waals surface area contributed by atoms with Gasteiger partial charge in [-0.2, -0.15) is 0 Å². The topological polar surface area (TPSA) is 42.4 Å². The van der Waals surface area contributed by atoms with Gasteiger partial charge >= 0.3 is 0 Å². The molecule has 0 atom stereocenters. The molecule has 0 bridgehead atoms. The van der Waals surface area contributed by atoms with Crippen molar-refractivity contribution in [3.8, 4) is 44.8 Å². The first-order chi connectivity index (χ1) is 32.7. The summed E-state index contributed by atoms with van der Waals surface area (Å²) < 4.78 is 13.2. The van der Waals surface area contributed by atoms with Crippen LogP contribution < -0.4 is 4.90 Å². The lowest BCUT2D eigenvalue weighted by Crippen LogP contribution is -2.28. The Morgan fingerprint density at radius 3 is 1.53 bits per heavy atom. The Balaban J connectivity index is 0.931. The molecule has 12 aromatic rings. The van der Waals surface area contributed by atoms with Crippen molar-refractivity contribution in [2.75, 3.05) is 4.90 Å². The zero-order chi connectivity index (χ0) is 43.6. The Kier molecular flexibility index (Phi) is 8.72. The monoisotopic (exact) mass is 844 g/mol. The van der Waals surface area contributed by atoms with E-state index in [4.69, 9.17) is 13.8 Å². The van der Waals surface area contributed by atoms with E-state index < -0.39 is 5.41 Å². The summed E-state index contributed by atoms with van der Waals surface area (Å²) in [4.78, 5) is 7.16. The van der Waals surface area contributed by atoms with Gasteiger partial charge in [0.25, 0.3) is 0 Å². The summed E-state index contributed by atoms with van der Waals surface area (Å²) in [5.41, 5.74) is 18.7. The molecule has 0 unspecified atom stereocenters. The van der Waals surface area contributed by atoms with E-state index in [1.807, 2.05) is 42.5 Å². The van der Waals surface area contributed by atoms with Crippen LogP contribution in [0.5, 0.6) is 0 Å². The summed E-state index contributed by atoms with van der Waals surface area (Å²) in [6, 6.07) is 86.5. The van der Waals surface area contributed by atoms with Gasteiger partial charge in [0, 0.05) is 45.0 Å². The molecular weight excluding hydrogens is 805 g/mol. The second kappa shape index (κ2) is 15.2. The number of para-hydroxylation sites is 1. The molecular formula is C62H40N2O2. The Bertz CT molecular complexity index is 3700. The van der Waals surface area contributed by atoms with Crippen LogP contribution in [-0.4, -0.2) is 4.98 Å². The third kappa shape index (κ3) is 5.96. The maximum Gasteiger partial charge on any atom is 0.227 e. The normalized spacial score (nSPS) is 12.7. The molecule has 0 amide bonds. The van der Waals surface area contributed by atoms with Gasteiger partial charge in [-0.05, 0) is 117 Å². The number of fused-ring (bicyclic) bond motifs is 7. The van der Waals surface area contributed by atoms with Gasteiger partial charge in [0.15, 0.2) is 5.58 Å². The highest BCUT2D eigenvalue weighted by Gasteiger charge is 2.45. The van der Waals surface area contributed by atoms with Crippen LogP contribution >= 0.6 is 0 Å². The summed E-state index contributed by atoms with van der Waals surface area (Å²) in [5.74, 6) is 0.606. The van der Waals surface area contributed by atoms with Crippen molar-refractivity contribution < 1.29 is 8.83 Å². The largest absolute Gasteiger partial charge is 0.456 e. The number of furan rings is 1. The predicted octanol–water partition coefficient (Wildman–Crippen LogP) is 16.6. The Morgan fingerprint density at radius 1 is 0.348 bits per heavy atom. The zero-order valence-corrected chi connectivity index (χ0v) is 35.8. The number of rotatable bonds is 8. The van der Waals surface area contributed by atoms with Crippen LogP contribution in [0.3, 0.4) is 0 Å². The lowest BCUT2D eigenvalue weighted by atomic mass is 9.68. The summed E-state index contributed by atoms with van der Waals surface area (Å²) in [7, 11) is 0. The van der Waals surface area contributed by atoms with Crippen molar-refractivity contribution in [1.82, 2.24) is 4.98 Å². The van der Waals surface area contributed by atoms with Crippen LogP contribution in [0.2, 0.25) is 0 Å². The van der Waals surface area contributed by atoms with Gasteiger partial charge in [-0.3, -0.25) is 0 Å². The number of hydrogen-bond donors (Lipinski definition) is 0. The molecule has 0 saturated carbocycles. The second-order valence-corrected chi connectivity index (χ2v) is 17.0. The third-order valence-electron chi connectivity index (χ3n) is 13.4. The molecule has 10 aromatic carbocycles. The van der Waals surface area contributed by atoms with Crippen LogP contribution in [0, 0.1) is 0 Å². The molecule has 66 heavy (non-hydrogen) atoms. The highest BCUT2D eigenvalue weighted by Crippen LogP contribution is 2.56. The molecule has 1 aliphatic rings. The molecule has 13 rings (SSSR count). The standard InChI is InChI=1S/C62H40N2O2/c1-4-15-41(16-5-1)42-27-32-47(33-28-42)64(48-34-30-46(31-35-48)62(45-19-8-3-9-20-45)55-24-12-10-21-51(55)52-22-11-13-25-56(52)62)49-36-38-54-53-37-29-44(39-58(53)65-59(54)40-49)50-23-14-26-57-60(50)66-61(63-57)43-17-6-2-7-18-43/h1-40H. The van der Waals surface area contributed by atoms with Crippen molar-refractivity contribution in [1.29, 1.82) is 0 Å². The first kappa shape index (κ1) is 37.8. The third-order valence-corrected chi connectivity index (χ3v) is 13.4. The number of hydrogen-bond acceptors (Lipinski definition) is 4. The van der Waals surface area contributed by atoms with Crippen LogP contribution in [0.25, 0.3) is 77.9 Å². The van der Waals surface area contributed by atoms with Crippen molar-refractivity contribution in [2.24, 2.45) is 0 Å². The van der Waals surface area contributed by atoms with Crippen molar-refractivity contribution in [3.63, 3.8) is 0 Å². The fourth-order valence-electron chi connectivity index (χ4n) is 10.4. The minimum absolute atomic E-state index is 0.482. The van der Waals surface area contributed by atoms with Gasteiger partial charge in [0.1, 0.15) is 16.7 Å². The average molecular weight is 845 g/mol. The Labute approximate surface area is 382 Å². The van der Waals surface area contributed by atoms with Crippen LogP contribution in [0.1, 0.15) is 22.3 Å². The van der Waals surface area contributed by atoms with E-state index in [1.54, 1.807) is 0 Å². The minimum atomic E-state index is -0.482. The Morgan fingerprint density at radius 2 is 0.848 bits per heavy atom. The first-order valence-electron chi connectivity index (χ1n) is 22.4. The minimum Gasteiger partial charge on any atom is -0.456 e. The van der Waals surface area contributed by atoms with Crippen LogP contribution in [-0.2, 0) is 5.41 Å². The fourth-order valence-corrected chi connectivity index (χ4v) is 10.4. The van der Waals surface area contributed by atoms with Gasteiger partial charge in [-0.1, -0.05) is 170 Å². The van der Waals surface area contributed by atoms with E-state index in [0.29, 0.717) is 5.89 Å². The SMILES string of the molecule is c1ccc(-c2ccc(N(c3ccc(C4(c5ccccc5)c5ccccc5-c5ccccc54)cc3)c3ccc4c(c3)oc3cc(-c5cccc6nc(-c7ccccc7)oc56)ccc34)cc2)cc1. The number of aromatic nitrogens is 1. The summed E-state index contributed by atoms with van der Waals surface area (Å²) in [6.45, 7) is 0. The van der Waals surface area contributed by atoms with Gasteiger partial charge < -0.3 is 13.7 Å².